The predicted molar refractivity (Wildman–Crippen MR) is 90.5 cm³/mol. The molecule has 0 radical (unpaired) electrons. The van der Waals surface area contributed by atoms with Crippen LogP contribution in [0.15, 0.2) is 48.7 Å². The van der Waals surface area contributed by atoms with Gasteiger partial charge in [-0.15, -0.1) is 0 Å². The third kappa shape index (κ3) is 2.61. The Morgan fingerprint density at radius 3 is 3.04 bits per heavy atom. The molecular weight excluding hydrogens is 286 g/mol. The maximum atomic E-state index is 12.6. The molecule has 4 rings (SSSR count). The number of carbonyl (C=O) groups excluding carboxylic acids is 1. The van der Waals surface area contributed by atoms with Crippen LogP contribution in [0.25, 0.3) is 5.65 Å². The zero-order valence-corrected chi connectivity index (χ0v) is 13.1. The highest BCUT2D eigenvalue weighted by Gasteiger charge is 2.28. The lowest BCUT2D eigenvalue weighted by Gasteiger charge is -2.21. The Bertz CT molecular complexity index is 881. The molecule has 1 unspecified atom stereocenters. The smallest absolute Gasteiger partial charge is 0.227 e. The average molecular weight is 305 g/mol. The number of aryl methyl sites for hydroxylation is 2. The summed E-state index contributed by atoms with van der Waals surface area (Å²) < 4.78 is 2.11. The zero-order valence-electron chi connectivity index (χ0n) is 13.1. The first-order valence-electron chi connectivity index (χ1n) is 8.03. The van der Waals surface area contributed by atoms with E-state index in [1.807, 2.05) is 55.6 Å². The largest absolute Gasteiger partial charge is 0.326 e. The standard InChI is InChI=1S/C19H19N3O/c1-13-5-4-6-15(11-13)20-19(23)14-8-9-16-17(12-14)22-10-3-2-7-18(22)21-16/h2-7,10-11,14H,8-9,12H2,1H3,(H,20,23). The van der Waals surface area contributed by atoms with Gasteiger partial charge in [-0.1, -0.05) is 18.2 Å². The van der Waals surface area contributed by atoms with Gasteiger partial charge in [0, 0.05) is 29.9 Å². The van der Waals surface area contributed by atoms with Crippen molar-refractivity contribution < 1.29 is 4.79 Å². The third-order valence-corrected chi connectivity index (χ3v) is 4.54. The summed E-state index contributed by atoms with van der Waals surface area (Å²) in [6, 6.07) is 13.9. The number of fused-ring (bicyclic) bond motifs is 3. The van der Waals surface area contributed by atoms with Gasteiger partial charge in [0.05, 0.1) is 5.69 Å². The first kappa shape index (κ1) is 14.0. The summed E-state index contributed by atoms with van der Waals surface area (Å²) >= 11 is 0. The Morgan fingerprint density at radius 1 is 1.26 bits per heavy atom. The second-order valence-corrected chi connectivity index (χ2v) is 6.23. The van der Waals surface area contributed by atoms with Gasteiger partial charge in [0.25, 0.3) is 0 Å². The van der Waals surface area contributed by atoms with Crippen LogP contribution in [-0.2, 0) is 17.6 Å². The van der Waals surface area contributed by atoms with Crippen molar-refractivity contribution in [3.05, 3.63) is 65.6 Å². The van der Waals surface area contributed by atoms with Gasteiger partial charge in [-0.25, -0.2) is 4.98 Å². The quantitative estimate of drug-likeness (QED) is 0.789. The van der Waals surface area contributed by atoms with Gasteiger partial charge in [-0.05, 0) is 49.6 Å². The second-order valence-electron chi connectivity index (χ2n) is 6.23. The molecule has 1 aliphatic rings. The molecule has 1 amide bonds. The van der Waals surface area contributed by atoms with Crippen LogP contribution in [0.2, 0.25) is 0 Å². The number of imidazole rings is 1. The molecule has 3 aromatic rings. The van der Waals surface area contributed by atoms with Gasteiger partial charge in [-0.3, -0.25) is 4.79 Å². The molecular formula is C19H19N3O. The minimum atomic E-state index is 0.00289. The predicted octanol–water partition coefficient (Wildman–Crippen LogP) is 3.39. The normalized spacial score (nSPS) is 17.0. The average Bonchev–Trinajstić information content (AvgIpc) is 2.92. The Balaban J connectivity index is 1.56. The van der Waals surface area contributed by atoms with Crippen LogP contribution in [0.3, 0.4) is 0 Å². The number of nitrogens with zero attached hydrogens (tertiary/aromatic N) is 2. The number of nitrogens with one attached hydrogen (secondary N) is 1. The molecule has 0 aliphatic heterocycles. The van der Waals surface area contributed by atoms with E-state index < -0.39 is 0 Å². The third-order valence-electron chi connectivity index (χ3n) is 4.54. The molecule has 0 spiro atoms. The van der Waals surface area contributed by atoms with Crippen molar-refractivity contribution in [3.8, 4) is 0 Å². The number of aromatic nitrogens is 2. The molecule has 4 heteroatoms. The van der Waals surface area contributed by atoms with Crippen LogP contribution in [0.4, 0.5) is 5.69 Å². The Morgan fingerprint density at radius 2 is 2.17 bits per heavy atom. The lowest BCUT2D eigenvalue weighted by atomic mass is 9.89. The van der Waals surface area contributed by atoms with Gasteiger partial charge >= 0.3 is 0 Å². The molecule has 1 atom stereocenters. The molecule has 2 heterocycles. The highest BCUT2D eigenvalue weighted by Crippen LogP contribution is 2.27. The Hall–Kier alpha value is -2.62. The number of hydrogen-bond acceptors (Lipinski definition) is 2. The van der Waals surface area contributed by atoms with Crippen LogP contribution in [0, 0.1) is 12.8 Å². The van der Waals surface area contributed by atoms with Crippen LogP contribution in [-0.4, -0.2) is 15.3 Å². The van der Waals surface area contributed by atoms with Crippen LogP contribution >= 0.6 is 0 Å². The Kier molecular flexibility index (Phi) is 3.37. The topological polar surface area (TPSA) is 46.4 Å². The van der Waals surface area contributed by atoms with E-state index in [2.05, 4.69) is 14.7 Å². The van der Waals surface area contributed by atoms with Gasteiger partial charge in [-0.2, -0.15) is 0 Å². The van der Waals surface area contributed by atoms with Crippen molar-refractivity contribution in [1.29, 1.82) is 0 Å². The molecule has 1 aromatic carbocycles. The number of anilines is 1. The van der Waals surface area contributed by atoms with Crippen LogP contribution in [0.5, 0.6) is 0 Å². The lowest BCUT2D eigenvalue weighted by Crippen LogP contribution is -2.28. The number of hydrogen-bond donors (Lipinski definition) is 1. The van der Waals surface area contributed by atoms with Crippen molar-refractivity contribution in [3.63, 3.8) is 0 Å². The summed E-state index contributed by atoms with van der Waals surface area (Å²) in [5, 5.41) is 3.05. The molecule has 1 N–H and O–H groups in total. The molecule has 0 fully saturated rings. The number of benzene rings is 1. The molecule has 4 nitrogen and oxygen atoms in total. The second kappa shape index (κ2) is 5.54. The summed E-state index contributed by atoms with van der Waals surface area (Å²) in [5.41, 5.74) is 5.30. The van der Waals surface area contributed by atoms with Gasteiger partial charge < -0.3 is 9.72 Å². The van der Waals surface area contributed by atoms with Gasteiger partial charge in [0.2, 0.25) is 5.91 Å². The fraction of sp³-hybridized carbons (Fsp3) is 0.263. The molecule has 1 aliphatic carbocycles. The maximum absolute atomic E-state index is 12.6. The van der Waals surface area contributed by atoms with Crippen molar-refractivity contribution in [2.24, 2.45) is 5.92 Å². The van der Waals surface area contributed by atoms with Gasteiger partial charge in [0.1, 0.15) is 5.65 Å². The fourth-order valence-corrected chi connectivity index (χ4v) is 3.35. The van der Waals surface area contributed by atoms with Crippen molar-refractivity contribution >= 4 is 17.2 Å². The summed E-state index contributed by atoms with van der Waals surface area (Å²) in [7, 11) is 0. The zero-order chi connectivity index (χ0) is 15.8. The lowest BCUT2D eigenvalue weighted by molar-refractivity contribution is -0.120. The minimum Gasteiger partial charge on any atom is -0.326 e. The van der Waals surface area contributed by atoms with E-state index in [1.165, 1.54) is 5.69 Å². The summed E-state index contributed by atoms with van der Waals surface area (Å²) in [5.74, 6) is 0.107. The monoisotopic (exact) mass is 305 g/mol. The van der Waals surface area contributed by atoms with Crippen molar-refractivity contribution in [2.75, 3.05) is 5.32 Å². The maximum Gasteiger partial charge on any atom is 0.227 e. The summed E-state index contributed by atoms with van der Waals surface area (Å²) in [6.45, 7) is 2.03. The first-order chi connectivity index (χ1) is 11.2. The van der Waals surface area contributed by atoms with E-state index >= 15 is 0 Å². The number of carbonyl (C=O) groups is 1. The molecule has 116 valence electrons. The van der Waals surface area contributed by atoms with E-state index in [0.29, 0.717) is 0 Å². The van der Waals surface area contributed by atoms with Crippen molar-refractivity contribution in [2.45, 2.75) is 26.2 Å². The number of amides is 1. The van der Waals surface area contributed by atoms with E-state index in [-0.39, 0.29) is 11.8 Å². The highest BCUT2D eigenvalue weighted by molar-refractivity contribution is 5.93. The van der Waals surface area contributed by atoms with E-state index in [9.17, 15) is 4.79 Å². The SMILES string of the molecule is Cc1cccc(NC(=O)C2CCc3nc4ccccn4c3C2)c1. The first-order valence-corrected chi connectivity index (χ1v) is 8.03. The van der Waals surface area contributed by atoms with Gasteiger partial charge in [0.15, 0.2) is 0 Å². The molecule has 2 aromatic heterocycles. The van der Waals surface area contributed by atoms with Crippen LogP contribution in [0.1, 0.15) is 23.4 Å². The van der Waals surface area contributed by atoms with E-state index in [1.54, 1.807) is 0 Å². The van der Waals surface area contributed by atoms with E-state index in [4.69, 9.17) is 0 Å². The Labute approximate surface area is 135 Å². The summed E-state index contributed by atoms with van der Waals surface area (Å²) in [6.07, 6.45) is 4.50. The molecule has 0 saturated carbocycles. The summed E-state index contributed by atoms with van der Waals surface area (Å²) in [4.78, 5) is 17.3. The van der Waals surface area contributed by atoms with E-state index in [0.717, 1.165) is 41.9 Å². The minimum absolute atomic E-state index is 0.00289. The molecule has 0 bridgehead atoms. The van der Waals surface area contributed by atoms with Crippen molar-refractivity contribution in [1.82, 2.24) is 9.38 Å². The number of rotatable bonds is 2. The molecule has 0 saturated heterocycles. The van der Waals surface area contributed by atoms with Crippen LogP contribution < -0.4 is 5.32 Å². The molecule has 23 heavy (non-hydrogen) atoms. The fourth-order valence-electron chi connectivity index (χ4n) is 3.35. The highest BCUT2D eigenvalue weighted by atomic mass is 16.1. The number of pyridine rings is 1.